The number of Topliss-reactive ketones (excluding diaryl/α,β-unsaturated/α-hetero) is 1. The van der Waals surface area contributed by atoms with Crippen molar-refractivity contribution in [2.24, 2.45) is 5.92 Å². The first-order valence-corrected chi connectivity index (χ1v) is 19.7. The van der Waals surface area contributed by atoms with Crippen molar-refractivity contribution in [2.45, 2.75) is 136 Å². The molecule has 1 rings (SSSR count). The number of aldehydes is 1. The fourth-order valence-electron chi connectivity index (χ4n) is 3.07. The van der Waals surface area contributed by atoms with Crippen LogP contribution in [0.25, 0.3) is 0 Å². The van der Waals surface area contributed by atoms with E-state index in [2.05, 4.69) is 60.1 Å². The van der Waals surface area contributed by atoms with Crippen LogP contribution in [0.3, 0.4) is 0 Å². The molecule has 0 spiro atoms. The van der Waals surface area contributed by atoms with Gasteiger partial charge < -0.3 is 14.3 Å². The highest BCUT2D eigenvalue weighted by Crippen LogP contribution is 2.23. The Morgan fingerprint density at radius 1 is 1.00 bits per heavy atom. The van der Waals surface area contributed by atoms with Crippen molar-refractivity contribution in [2.75, 3.05) is 7.11 Å². The van der Waals surface area contributed by atoms with Gasteiger partial charge >= 0.3 is 0 Å². The first kappa shape index (κ1) is 32.9. The maximum absolute atomic E-state index is 11.9. The third kappa shape index (κ3) is 27.7. The van der Waals surface area contributed by atoms with Crippen LogP contribution < -0.4 is 0 Å². The Balaban J connectivity index is 0. The van der Waals surface area contributed by atoms with Crippen molar-refractivity contribution < 1.29 is 19.1 Å². The number of ether oxygens (including phenoxy) is 2. The molecule has 0 radical (unpaired) electrons. The van der Waals surface area contributed by atoms with Crippen LogP contribution in [-0.4, -0.2) is 47.7 Å². The van der Waals surface area contributed by atoms with Gasteiger partial charge in [-0.15, -0.1) is 0 Å². The van der Waals surface area contributed by atoms with Crippen LogP contribution >= 0.6 is 0 Å². The van der Waals surface area contributed by atoms with Gasteiger partial charge in [-0.05, 0) is 38.0 Å². The van der Waals surface area contributed by atoms with E-state index in [9.17, 15) is 9.59 Å². The third-order valence-electron chi connectivity index (χ3n) is 4.66. The molecule has 31 heavy (non-hydrogen) atoms. The Labute approximate surface area is 196 Å². The number of unbranched alkanes of at least 4 members (excludes halogenated alkanes) is 1. The van der Waals surface area contributed by atoms with Gasteiger partial charge in [0, 0.05) is 42.5 Å². The molecular formula is C25H54O4Si2. The maximum atomic E-state index is 11.9. The first-order valence-electron chi connectivity index (χ1n) is 12.3. The average Bonchev–Trinajstić information content (AvgIpc) is 2.60. The fourth-order valence-corrected chi connectivity index (χ4v) is 5.58. The second kappa shape index (κ2) is 18.2. The SMILES string of the molecule is CC(C)C.COC1CCCC(CC(=O)CCC[Si](C)(C)C)O1.C[Si](C)(C)CCCC=O. The van der Waals surface area contributed by atoms with E-state index in [-0.39, 0.29) is 12.4 Å². The predicted octanol–water partition coefficient (Wildman–Crippen LogP) is 7.57. The number of methoxy groups -OCH3 is 1. The number of ketones is 1. The van der Waals surface area contributed by atoms with E-state index in [1.165, 1.54) is 12.1 Å². The molecule has 0 saturated carbocycles. The van der Waals surface area contributed by atoms with Crippen LogP contribution in [0.4, 0.5) is 0 Å². The van der Waals surface area contributed by atoms with Crippen molar-refractivity contribution >= 4 is 28.2 Å². The van der Waals surface area contributed by atoms with E-state index in [1.807, 2.05) is 0 Å². The Bertz CT molecular complexity index is 451. The van der Waals surface area contributed by atoms with Crippen molar-refractivity contribution in [1.82, 2.24) is 0 Å². The molecule has 0 aromatic heterocycles. The lowest BCUT2D eigenvalue weighted by Crippen LogP contribution is -2.30. The minimum absolute atomic E-state index is 0.0862. The second-order valence-corrected chi connectivity index (χ2v) is 23.1. The van der Waals surface area contributed by atoms with E-state index in [0.29, 0.717) is 12.2 Å². The molecule has 0 aromatic rings. The van der Waals surface area contributed by atoms with E-state index in [4.69, 9.17) is 9.47 Å². The zero-order chi connectivity index (χ0) is 24.5. The van der Waals surface area contributed by atoms with Crippen LogP contribution in [0.1, 0.15) is 72.1 Å². The molecule has 0 N–H and O–H groups in total. The Hall–Kier alpha value is -0.306. The number of hydrogen-bond donors (Lipinski definition) is 0. The van der Waals surface area contributed by atoms with Crippen LogP contribution in [-0.2, 0) is 19.1 Å². The molecule has 2 atom stereocenters. The smallest absolute Gasteiger partial charge is 0.157 e. The molecule has 1 saturated heterocycles. The lowest BCUT2D eigenvalue weighted by atomic mass is 10.0. The van der Waals surface area contributed by atoms with Crippen LogP contribution in [0.5, 0.6) is 0 Å². The summed E-state index contributed by atoms with van der Waals surface area (Å²) in [6.45, 7) is 20.5. The summed E-state index contributed by atoms with van der Waals surface area (Å²) >= 11 is 0. The number of hydrogen-bond acceptors (Lipinski definition) is 4. The average molecular weight is 475 g/mol. The Kier molecular flexibility index (Phi) is 19.3. The highest BCUT2D eigenvalue weighted by Gasteiger charge is 2.24. The summed E-state index contributed by atoms with van der Waals surface area (Å²) in [7, 11) is -0.180. The van der Waals surface area contributed by atoms with Crippen LogP contribution in [0, 0.1) is 5.92 Å². The molecule has 186 valence electrons. The van der Waals surface area contributed by atoms with Gasteiger partial charge in [-0.1, -0.05) is 72.1 Å². The molecule has 0 aromatic carbocycles. The van der Waals surface area contributed by atoms with Crippen molar-refractivity contribution in [1.29, 1.82) is 0 Å². The summed E-state index contributed by atoms with van der Waals surface area (Å²) in [5.74, 6) is 1.19. The minimum atomic E-state index is -0.997. The van der Waals surface area contributed by atoms with Gasteiger partial charge in [0.25, 0.3) is 0 Å². The zero-order valence-corrected chi connectivity index (χ0v) is 24.5. The molecular weight excluding hydrogens is 420 g/mol. The van der Waals surface area contributed by atoms with E-state index in [1.54, 1.807) is 7.11 Å². The number of carbonyl (C=O) groups excluding carboxylic acids is 2. The lowest BCUT2D eigenvalue weighted by molar-refractivity contribution is -0.182. The standard InChI is InChI=1S/C14H28O3Si.C7H16OSi.C4H10/c1-16-14-9-5-8-13(17-14)11-12(15)7-6-10-18(2,3)4;1-9(2,3)7-5-4-6-8;1-4(2)3/h13-14H,5-11H2,1-4H3;6H,4-5,7H2,1-3H3;4H,1-3H3. The zero-order valence-electron chi connectivity index (χ0n) is 22.5. The molecule has 0 bridgehead atoms. The number of rotatable bonds is 11. The Morgan fingerprint density at radius 2 is 1.52 bits per heavy atom. The maximum Gasteiger partial charge on any atom is 0.157 e. The molecule has 4 nitrogen and oxygen atoms in total. The van der Waals surface area contributed by atoms with Gasteiger partial charge in [-0.25, -0.2) is 0 Å². The number of carbonyl (C=O) groups is 2. The molecule has 2 unspecified atom stereocenters. The van der Waals surface area contributed by atoms with E-state index < -0.39 is 16.1 Å². The summed E-state index contributed by atoms with van der Waals surface area (Å²) in [4.78, 5) is 21.8. The molecule has 1 heterocycles. The van der Waals surface area contributed by atoms with Crippen molar-refractivity contribution in [3.8, 4) is 0 Å². The summed E-state index contributed by atoms with van der Waals surface area (Å²) < 4.78 is 10.9. The Morgan fingerprint density at radius 3 is 1.97 bits per heavy atom. The van der Waals surface area contributed by atoms with Gasteiger partial charge in [0.1, 0.15) is 12.1 Å². The topological polar surface area (TPSA) is 52.6 Å². The summed E-state index contributed by atoms with van der Waals surface area (Å²) in [6.07, 6.45) is 8.26. The lowest BCUT2D eigenvalue weighted by Gasteiger charge is -2.28. The van der Waals surface area contributed by atoms with Gasteiger partial charge in [-0.2, -0.15) is 0 Å². The normalized spacial score (nSPS) is 19.1. The first-order chi connectivity index (χ1) is 14.2. The van der Waals surface area contributed by atoms with Crippen molar-refractivity contribution in [3.05, 3.63) is 0 Å². The molecule has 1 aliphatic rings. The summed E-state index contributed by atoms with van der Waals surface area (Å²) in [5, 5.41) is 0. The van der Waals surface area contributed by atoms with Gasteiger partial charge in [0.05, 0.1) is 6.10 Å². The van der Waals surface area contributed by atoms with Gasteiger partial charge in [0.15, 0.2) is 6.29 Å². The minimum Gasteiger partial charge on any atom is -0.356 e. The summed E-state index contributed by atoms with van der Waals surface area (Å²) in [5.41, 5.74) is 0. The largest absolute Gasteiger partial charge is 0.356 e. The second-order valence-electron chi connectivity index (χ2n) is 11.9. The highest BCUT2D eigenvalue weighted by atomic mass is 28.3. The summed E-state index contributed by atoms with van der Waals surface area (Å²) in [6, 6.07) is 2.52. The molecule has 0 aliphatic carbocycles. The molecule has 1 fully saturated rings. The fraction of sp³-hybridized carbons (Fsp3) is 0.920. The van der Waals surface area contributed by atoms with E-state index in [0.717, 1.165) is 57.1 Å². The molecule has 6 heteroatoms. The monoisotopic (exact) mass is 474 g/mol. The molecule has 1 aliphatic heterocycles. The third-order valence-corrected chi connectivity index (χ3v) is 8.37. The van der Waals surface area contributed by atoms with Gasteiger partial charge in [-0.3, -0.25) is 4.79 Å². The van der Waals surface area contributed by atoms with E-state index >= 15 is 0 Å². The highest BCUT2D eigenvalue weighted by molar-refractivity contribution is 6.76. The van der Waals surface area contributed by atoms with Crippen molar-refractivity contribution in [3.63, 3.8) is 0 Å². The van der Waals surface area contributed by atoms with Crippen LogP contribution in [0.2, 0.25) is 51.4 Å². The molecule has 0 amide bonds. The quantitative estimate of drug-likeness (QED) is 0.176. The predicted molar refractivity (Wildman–Crippen MR) is 140 cm³/mol. The van der Waals surface area contributed by atoms with Crippen LogP contribution in [0.15, 0.2) is 0 Å². The van der Waals surface area contributed by atoms with Gasteiger partial charge in [0.2, 0.25) is 0 Å².